The molecule has 2 heterocycles. The van der Waals surface area contributed by atoms with Gasteiger partial charge in [0.05, 0.1) is 17.4 Å². The highest BCUT2D eigenvalue weighted by Gasteiger charge is 2.54. The molecule has 1 spiro atoms. The number of sulfonamides is 1. The maximum atomic E-state index is 14.8. The Morgan fingerprint density at radius 1 is 1.16 bits per heavy atom. The predicted molar refractivity (Wildman–Crippen MR) is 133 cm³/mol. The van der Waals surface area contributed by atoms with E-state index in [1.807, 2.05) is 0 Å². The molecule has 2 fully saturated rings. The molecule has 0 saturated heterocycles. The Labute approximate surface area is 215 Å². The quantitative estimate of drug-likeness (QED) is 0.570. The van der Waals surface area contributed by atoms with Crippen molar-refractivity contribution < 1.29 is 31.8 Å². The largest absolute Gasteiger partial charge is 0.488 e. The van der Waals surface area contributed by atoms with Crippen LogP contribution in [0.2, 0.25) is 0 Å². The second kappa shape index (κ2) is 8.14. The van der Waals surface area contributed by atoms with Crippen LogP contribution >= 0.6 is 0 Å². The van der Waals surface area contributed by atoms with Crippen LogP contribution in [0.25, 0.3) is 11.1 Å². The number of carbonyl (C=O) groups is 1. The number of halogens is 2. The van der Waals surface area contributed by atoms with Crippen LogP contribution < -0.4 is 9.64 Å². The fourth-order valence-corrected chi connectivity index (χ4v) is 8.15. The monoisotopic (exact) mass is 532 g/mol. The highest BCUT2D eigenvalue weighted by molar-refractivity contribution is 7.89. The Kier molecular flexibility index (Phi) is 5.41. The highest BCUT2D eigenvalue weighted by atomic mass is 32.2. The van der Waals surface area contributed by atoms with Gasteiger partial charge in [0.1, 0.15) is 17.3 Å². The van der Waals surface area contributed by atoms with E-state index in [9.17, 15) is 27.1 Å². The minimum Gasteiger partial charge on any atom is -0.488 e. The second-order valence-electron chi connectivity index (χ2n) is 11.4. The van der Waals surface area contributed by atoms with Gasteiger partial charge in [-0.2, -0.15) is 4.31 Å². The number of hydrogen-bond donors (Lipinski definition) is 1. The zero-order valence-corrected chi connectivity index (χ0v) is 21.9. The van der Waals surface area contributed by atoms with Gasteiger partial charge in [-0.3, -0.25) is 0 Å². The molecule has 10 heteroatoms. The number of benzene rings is 2. The second-order valence-corrected chi connectivity index (χ2v) is 13.4. The summed E-state index contributed by atoms with van der Waals surface area (Å²) in [6.45, 7) is 3.87. The van der Waals surface area contributed by atoms with Gasteiger partial charge in [-0.1, -0.05) is 20.3 Å². The minimum atomic E-state index is -3.92. The van der Waals surface area contributed by atoms with Crippen molar-refractivity contribution in [1.29, 1.82) is 0 Å². The lowest BCUT2D eigenvalue weighted by atomic mass is 9.53. The van der Waals surface area contributed by atoms with Crippen LogP contribution in [0.1, 0.15) is 68.3 Å². The molecule has 198 valence electrons. The normalized spacial score (nSPS) is 23.5. The number of anilines is 1. The van der Waals surface area contributed by atoms with E-state index in [4.69, 9.17) is 4.74 Å². The van der Waals surface area contributed by atoms with Gasteiger partial charge in [0.15, 0.2) is 11.6 Å². The SMILES string of the molecule is CC(C)C[C@@H]1N(C2CC3(CCC3)C2)c2cc3c(cc2S(=O)(=O)N1C)-c1cc(C(=O)O)c(F)c(F)c1CO3. The zero-order chi connectivity index (χ0) is 26.4. The number of nitrogens with zero attached hydrogens (tertiary/aromatic N) is 2. The van der Waals surface area contributed by atoms with Crippen LogP contribution in [-0.4, -0.2) is 43.1 Å². The van der Waals surface area contributed by atoms with Crippen molar-refractivity contribution in [2.24, 2.45) is 11.3 Å². The molecule has 2 aromatic rings. The fraction of sp³-hybridized carbons (Fsp3) is 0.519. The van der Waals surface area contributed by atoms with Crippen molar-refractivity contribution in [2.75, 3.05) is 11.9 Å². The summed E-state index contributed by atoms with van der Waals surface area (Å²) in [6.07, 6.45) is 6.01. The predicted octanol–water partition coefficient (Wildman–Crippen LogP) is 5.37. The van der Waals surface area contributed by atoms with Gasteiger partial charge in [0.25, 0.3) is 0 Å². The molecule has 0 unspecified atom stereocenters. The minimum absolute atomic E-state index is 0.0707. The average molecular weight is 533 g/mol. The molecule has 7 nitrogen and oxygen atoms in total. The molecule has 2 aliphatic heterocycles. The lowest BCUT2D eigenvalue weighted by Crippen LogP contribution is -2.63. The number of carboxylic acids is 1. The molecule has 37 heavy (non-hydrogen) atoms. The van der Waals surface area contributed by atoms with Crippen LogP contribution in [0.15, 0.2) is 23.1 Å². The van der Waals surface area contributed by atoms with Crippen LogP contribution in [0.5, 0.6) is 5.75 Å². The summed E-state index contributed by atoms with van der Waals surface area (Å²) < 4.78 is 64.0. The van der Waals surface area contributed by atoms with Crippen LogP contribution in [-0.2, 0) is 16.6 Å². The third-order valence-electron chi connectivity index (χ3n) is 8.76. The highest BCUT2D eigenvalue weighted by Crippen LogP contribution is 2.59. The molecule has 4 aliphatic rings. The number of rotatable bonds is 4. The van der Waals surface area contributed by atoms with E-state index >= 15 is 0 Å². The lowest BCUT2D eigenvalue weighted by molar-refractivity contribution is 0.00121. The van der Waals surface area contributed by atoms with Gasteiger partial charge in [-0.05, 0) is 61.1 Å². The van der Waals surface area contributed by atoms with Gasteiger partial charge in [-0.15, -0.1) is 0 Å². The number of aromatic carboxylic acids is 1. The van der Waals surface area contributed by atoms with Crippen molar-refractivity contribution in [3.63, 3.8) is 0 Å². The Balaban J connectivity index is 1.53. The van der Waals surface area contributed by atoms with E-state index in [0.29, 0.717) is 23.3 Å². The first-order valence-corrected chi connectivity index (χ1v) is 14.2. The third-order valence-corrected chi connectivity index (χ3v) is 10.6. The summed E-state index contributed by atoms with van der Waals surface area (Å²) in [5, 5.41) is 9.40. The molecular weight excluding hydrogens is 502 g/mol. The molecule has 1 atom stereocenters. The maximum absolute atomic E-state index is 14.8. The molecule has 2 aliphatic carbocycles. The van der Waals surface area contributed by atoms with Crippen molar-refractivity contribution in [3.05, 3.63) is 41.0 Å². The number of carboxylic acid groups (broad SMARTS) is 1. The van der Waals surface area contributed by atoms with Gasteiger partial charge in [0.2, 0.25) is 10.0 Å². The first kappa shape index (κ1) is 24.6. The number of ether oxygens (including phenoxy) is 1. The summed E-state index contributed by atoms with van der Waals surface area (Å²) in [4.78, 5) is 13.9. The smallest absolute Gasteiger partial charge is 0.338 e. The number of hydrogen-bond acceptors (Lipinski definition) is 5. The number of fused-ring (bicyclic) bond motifs is 4. The van der Waals surface area contributed by atoms with E-state index in [1.165, 1.54) is 29.6 Å². The summed E-state index contributed by atoms with van der Waals surface area (Å²) >= 11 is 0. The molecule has 0 amide bonds. The molecule has 6 rings (SSSR count). The van der Waals surface area contributed by atoms with Gasteiger partial charge >= 0.3 is 5.97 Å². The van der Waals surface area contributed by atoms with Crippen molar-refractivity contribution in [3.8, 4) is 16.9 Å². The van der Waals surface area contributed by atoms with Gasteiger partial charge in [0, 0.05) is 30.3 Å². The van der Waals surface area contributed by atoms with Gasteiger partial charge in [-0.25, -0.2) is 22.0 Å². The average Bonchev–Trinajstić information content (AvgIpc) is 2.78. The molecule has 0 aromatic heterocycles. The topological polar surface area (TPSA) is 87.2 Å². The molecule has 0 bridgehead atoms. The Bertz CT molecular complexity index is 1430. The molecule has 2 aromatic carbocycles. The van der Waals surface area contributed by atoms with Crippen molar-refractivity contribution in [1.82, 2.24) is 4.31 Å². The van der Waals surface area contributed by atoms with Crippen LogP contribution in [0.3, 0.4) is 0 Å². The van der Waals surface area contributed by atoms with Crippen molar-refractivity contribution in [2.45, 2.75) is 76.1 Å². The Hall–Kier alpha value is -2.72. The first-order valence-electron chi connectivity index (χ1n) is 12.8. The molecule has 0 radical (unpaired) electrons. The molecule has 2 saturated carbocycles. The van der Waals surface area contributed by atoms with Crippen LogP contribution in [0.4, 0.5) is 14.5 Å². The summed E-state index contributed by atoms with van der Waals surface area (Å²) in [6, 6.07) is 4.39. The Morgan fingerprint density at radius 3 is 2.46 bits per heavy atom. The zero-order valence-electron chi connectivity index (χ0n) is 21.1. The maximum Gasteiger partial charge on any atom is 0.338 e. The van der Waals surface area contributed by atoms with E-state index in [1.54, 1.807) is 13.1 Å². The van der Waals surface area contributed by atoms with E-state index in [0.717, 1.165) is 18.9 Å². The molecular formula is C27H30F2N2O5S. The summed E-state index contributed by atoms with van der Waals surface area (Å²) in [5.41, 5.74) is 0.375. The third kappa shape index (κ3) is 3.51. The van der Waals surface area contributed by atoms with Crippen molar-refractivity contribution >= 4 is 21.7 Å². The van der Waals surface area contributed by atoms with E-state index in [-0.39, 0.29) is 46.3 Å². The lowest BCUT2D eigenvalue weighted by Gasteiger charge is -2.60. The van der Waals surface area contributed by atoms with Crippen LogP contribution in [0, 0.1) is 23.0 Å². The summed E-state index contributed by atoms with van der Waals surface area (Å²) in [5.74, 6) is -3.76. The molecule has 1 N–H and O–H groups in total. The van der Waals surface area contributed by atoms with E-state index in [2.05, 4.69) is 18.7 Å². The van der Waals surface area contributed by atoms with E-state index < -0.39 is 33.2 Å². The standard InChI is InChI=1S/C27H30F2N2O5S/c1-14(2)7-23-30(3)37(34,35)22-9-17-16-8-18(26(32)33)24(28)25(29)19(16)13-36-21(17)10-20(22)31(23)15-11-27(12-15)5-4-6-27/h8-10,14-15,23H,4-7,11-13H2,1-3H3,(H,32,33)/t23-/m0/s1. The Morgan fingerprint density at radius 2 is 1.86 bits per heavy atom. The van der Waals surface area contributed by atoms with Gasteiger partial charge < -0.3 is 14.7 Å². The first-order chi connectivity index (χ1) is 17.4. The fourth-order valence-electron chi connectivity index (χ4n) is 6.63. The summed E-state index contributed by atoms with van der Waals surface area (Å²) in [7, 11) is -2.32.